The first-order chi connectivity index (χ1) is 11.2. The molecule has 1 N–H and O–H groups in total. The molecule has 112 valence electrons. The highest BCUT2D eigenvalue weighted by molar-refractivity contribution is 8.03. The van der Waals surface area contributed by atoms with Crippen molar-refractivity contribution in [2.45, 2.75) is 0 Å². The molecule has 0 saturated heterocycles. The van der Waals surface area contributed by atoms with E-state index in [1.807, 2.05) is 6.07 Å². The van der Waals surface area contributed by atoms with Gasteiger partial charge in [0.25, 0.3) is 0 Å². The van der Waals surface area contributed by atoms with Gasteiger partial charge in [0.2, 0.25) is 11.6 Å². The largest absolute Gasteiger partial charge is 0.351 e. The van der Waals surface area contributed by atoms with Gasteiger partial charge in [-0.3, -0.25) is 14.6 Å². The molecule has 6 heteroatoms. The lowest BCUT2D eigenvalue weighted by atomic mass is 9.96. The van der Waals surface area contributed by atoms with E-state index in [-0.39, 0.29) is 28.5 Å². The summed E-state index contributed by atoms with van der Waals surface area (Å²) >= 11 is 1.20. The molecule has 1 aromatic heterocycles. The van der Waals surface area contributed by atoms with Gasteiger partial charge in [0.15, 0.2) is 0 Å². The Morgan fingerprint density at radius 2 is 2.00 bits per heavy atom. The zero-order valence-corrected chi connectivity index (χ0v) is 13.0. The summed E-state index contributed by atoms with van der Waals surface area (Å²) in [5.41, 5.74) is 1.74. The first kappa shape index (κ1) is 15.0. The molecule has 1 heterocycles. The predicted molar refractivity (Wildman–Crippen MR) is 88.2 cm³/mol. The minimum absolute atomic E-state index is 0.179. The number of carbonyl (C=O) groups is 2. The van der Waals surface area contributed by atoms with E-state index in [2.05, 4.69) is 10.3 Å². The van der Waals surface area contributed by atoms with Gasteiger partial charge in [0.05, 0.1) is 22.1 Å². The Hall–Kier alpha value is -2.91. The van der Waals surface area contributed by atoms with Crippen molar-refractivity contribution in [2.24, 2.45) is 0 Å². The van der Waals surface area contributed by atoms with E-state index in [4.69, 9.17) is 5.26 Å². The summed E-state index contributed by atoms with van der Waals surface area (Å²) in [4.78, 5) is 29.6. The van der Waals surface area contributed by atoms with Gasteiger partial charge in [0.1, 0.15) is 11.4 Å². The van der Waals surface area contributed by atoms with Crippen molar-refractivity contribution >= 4 is 29.0 Å². The van der Waals surface area contributed by atoms with Gasteiger partial charge in [0, 0.05) is 11.9 Å². The summed E-state index contributed by atoms with van der Waals surface area (Å²) in [7, 11) is 0. The lowest BCUT2D eigenvalue weighted by Gasteiger charge is -2.20. The predicted octanol–water partition coefficient (Wildman–Crippen LogP) is 3.02. The highest BCUT2D eigenvalue weighted by Crippen LogP contribution is 2.31. The molecule has 23 heavy (non-hydrogen) atoms. The second kappa shape index (κ2) is 6.07. The second-order valence-electron chi connectivity index (χ2n) is 4.78. The molecule has 0 bridgehead atoms. The van der Waals surface area contributed by atoms with Crippen molar-refractivity contribution in [1.29, 1.82) is 5.26 Å². The number of benzene rings is 1. The number of carbonyl (C=O) groups excluding carboxylic acids is 2. The summed E-state index contributed by atoms with van der Waals surface area (Å²) in [5.74, 6) is -0.550. The molecule has 0 unspecified atom stereocenters. The summed E-state index contributed by atoms with van der Waals surface area (Å²) in [6.07, 6.45) is 3.23. The molecular weight excluding hydrogens is 310 g/mol. The van der Waals surface area contributed by atoms with Gasteiger partial charge in [-0.15, -0.1) is 11.8 Å². The Morgan fingerprint density at radius 3 is 2.74 bits per heavy atom. The molecule has 2 aromatic rings. The van der Waals surface area contributed by atoms with Crippen LogP contribution in [-0.2, 0) is 0 Å². The lowest BCUT2D eigenvalue weighted by Crippen LogP contribution is -2.26. The maximum Gasteiger partial charge on any atom is 0.220 e. The van der Waals surface area contributed by atoms with Crippen molar-refractivity contribution in [3.63, 3.8) is 0 Å². The molecule has 0 amide bonds. The van der Waals surface area contributed by atoms with Crippen molar-refractivity contribution < 1.29 is 9.59 Å². The van der Waals surface area contributed by atoms with E-state index in [0.717, 1.165) is 0 Å². The first-order valence-electron chi connectivity index (χ1n) is 6.75. The third kappa shape index (κ3) is 2.62. The molecule has 0 saturated carbocycles. The number of nitrogens with zero attached hydrogens (tertiary/aromatic N) is 2. The Morgan fingerprint density at radius 1 is 1.17 bits per heavy atom. The summed E-state index contributed by atoms with van der Waals surface area (Å²) < 4.78 is 0. The molecule has 0 spiro atoms. The van der Waals surface area contributed by atoms with Crippen LogP contribution in [0.4, 0.5) is 5.69 Å². The number of allylic oxidation sites excluding steroid dienone is 2. The molecule has 0 fully saturated rings. The number of aromatic nitrogens is 1. The number of Topliss-reactive ketones (excluding diaryl/α,β-unsaturated/α-hetero) is 2. The number of thioether (sulfide) groups is 1. The quantitative estimate of drug-likeness (QED) is 0.935. The highest BCUT2D eigenvalue weighted by atomic mass is 32.2. The van der Waals surface area contributed by atoms with Crippen LogP contribution in [0.3, 0.4) is 0 Å². The van der Waals surface area contributed by atoms with Crippen LogP contribution >= 0.6 is 11.8 Å². The highest BCUT2D eigenvalue weighted by Gasteiger charge is 2.33. The average molecular weight is 321 g/mol. The standard InChI is InChI=1S/C17H11N3O2S/c1-23-17-14(20-11-5-2-4-10(8-11)9-18)15(21)12-6-3-7-19-13(12)16(17)22/h2-8,20H,1H3. The number of ketones is 2. The Labute approximate surface area is 137 Å². The van der Waals surface area contributed by atoms with Crippen molar-refractivity contribution in [1.82, 2.24) is 4.98 Å². The number of hydrogen-bond acceptors (Lipinski definition) is 6. The van der Waals surface area contributed by atoms with Crippen molar-refractivity contribution in [2.75, 3.05) is 11.6 Å². The molecule has 5 nitrogen and oxygen atoms in total. The summed E-state index contributed by atoms with van der Waals surface area (Å²) in [5, 5.41) is 12.0. The number of pyridine rings is 1. The zero-order chi connectivity index (χ0) is 16.4. The third-order valence-corrected chi connectivity index (χ3v) is 4.19. The smallest absolute Gasteiger partial charge is 0.220 e. The fourth-order valence-electron chi connectivity index (χ4n) is 2.35. The van der Waals surface area contributed by atoms with E-state index in [1.54, 1.807) is 42.7 Å². The number of hydrogen-bond donors (Lipinski definition) is 1. The van der Waals surface area contributed by atoms with Crippen LogP contribution < -0.4 is 5.32 Å². The van der Waals surface area contributed by atoms with Crippen LogP contribution in [0.15, 0.2) is 53.2 Å². The number of fused-ring (bicyclic) bond motifs is 1. The van der Waals surface area contributed by atoms with Gasteiger partial charge in [-0.1, -0.05) is 6.07 Å². The number of rotatable bonds is 3. The average Bonchev–Trinajstić information content (AvgIpc) is 2.60. The molecule has 0 atom stereocenters. The van der Waals surface area contributed by atoms with Crippen LogP contribution in [0.25, 0.3) is 0 Å². The fourth-order valence-corrected chi connectivity index (χ4v) is 2.98. The normalized spacial score (nSPS) is 13.6. The molecule has 3 rings (SSSR count). The summed E-state index contributed by atoms with van der Waals surface area (Å²) in [6, 6.07) is 12.0. The molecule has 0 radical (unpaired) electrons. The number of nitriles is 1. The zero-order valence-electron chi connectivity index (χ0n) is 12.2. The molecule has 1 aromatic carbocycles. The first-order valence-corrected chi connectivity index (χ1v) is 7.98. The Bertz CT molecular complexity index is 897. The van der Waals surface area contributed by atoms with Gasteiger partial charge in [-0.2, -0.15) is 5.26 Å². The minimum Gasteiger partial charge on any atom is -0.351 e. The van der Waals surface area contributed by atoms with E-state index in [9.17, 15) is 9.59 Å². The third-order valence-electron chi connectivity index (χ3n) is 3.39. The molecular formula is C17H11N3O2S. The topological polar surface area (TPSA) is 82.8 Å². The van der Waals surface area contributed by atoms with Crippen molar-refractivity contribution in [3.05, 3.63) is 70.0 Å². The molecule has 1 aliphatic carbocycles. The monoisotopic (exact) mass is 321 g/mol. The van der Waals surface area contributed by atoms with Gasteiger partial charge < -0.3 is 5.32 Å². The molecule has 0 aliphatic heterocycles. The maximum absolute atomic E-state index is 12.7. The van der Waals surface area contributed by atoms with Gasteiger partial charge in [-0.05, 0) is 36.6 Å². The van der Waals surface area contributed by atoms with Crippen LogP contribution in [-0.4, -0.2) is 22.8 Å². The van der Waals surface area contributed by atoms with Crippen LogP contribution in [0.5, 0.6) is 0 Å². The maximum atomic E-state index is 12.7. The second-order valence-corrected chi connectivity index (χ2v) is 5.60. The van der Waals surface area contributed by atoms with E-state index in [0.29, 0.717) is 16.2 Å². The van der Waals surface area contributed by atoms with E-state index < -0.39 is 0 Å². The Kier molecular flexibility index (Phi) is 3.96. The van der Waals surface area contributed by atoms with Gasteiger partial charge in [-0.25, -0.2) is 0 Å². The minimum atomic E-state index is -0.278. The van der Waals surface area contributed by atoms with E-state index in [1.165, 1.54) is 18.0 Å². The SMILES string of the molecule is CSC1=C(Nc2cccc(C#N)c2)C(=O)c2cccnc2C1=O. The van der Waals surface area contributed by atoms with Crippen LogP contribution in [0.1, 0.15) is 26.4 Å². The van der Waals surface area contributed by atoms with Gasteiger partial charge >= 0.3 is 0 Å². The molecule has 1 aliphatic rings. The van der Waals surface area contributed by atoms with Crippen LogP contribution in [0.2, 0.25) is 0 Å². The number of anilines is 1. The van der Waals surface area contributed by atoms with E-state index >= 15 is 0 Å². The number of nitrogens with one attached hydrogen (secondary N) is 1. The fraction of sp³-hybridized carbons (Fsp3) is 0.0588. The summed E-state index contributed by atoms with van der Waals surface area (Å²) in [6.45, 7) is 0. The van der Waals surface area contributed by atoms with Crippen LogP contribution in [0, 0.1) is 11.3 Å². The lowest BCUT2D eigenvalue weighted by molar-refractivity contribution is 0.0979. The van der Waals surface area contributed by atoms with Crippen molar-refractivity contribution in [3.8, 4) is 6.07 Å². The Balaban J connectivity index is 2.07.